The van der Waals surface area contributed by atoms with Crippen LogP contribution in [0.15, 0.2) is 67.3 Å². The van der Waals surface area contributed by atoms with Crippen LogP contribution in [0.25, 0.3) is 22.2 Å². The minimum Gasteiger partial charge on any atom is -0.272 e. The molecule has 122 valence electrons. The van der Waals surface area contributed by atoms with E-state index in [4.69, 9.17) is 4.98 Å². The lowest BCUT2D eigenvalue weighted by Crippen LogP contribution is -2.13. The van der Waals surface area contributed by atoms with E-state index < -0.39 is 0 Å². The fourth-order valence-corrected chi connectivity index (χ4v) is 3.48. The number of halogens is 1. The Balaban J connectivity index is 2.06. The molecule has 0 atom stereocenters. The third kappa shape index (κ3) is 2.84. The van der Waals surface area contributed by atoms with E-state index in [1.807, 2.05) is 55.5 Å². The Bertz CT molecular complexity index is 1070. The van der Waals surface area contributed by atoms with Crippen molar-refractivity contribution in [2.75, 3.05) is 0 Å². The van der Waals surface area contributed by atoms with Crippen molar-refractivity contribution in [1.82, 2.24) is 14.5 Å². The minimum atomic E-state index is -0.0958. The van der Waals surface area contributed by atoms with Gasteiger partial charge in [-0.15, -0.1) is 0 Å². The van der Waals surface area contributed by atoms with Crippen molar-refractivity contribution >= 4 is 39.4 Å². The Morgan fingerprint density at radius 1 is 1.12 bits per heavy atom. The number of hydrogen-bond donors (Lipinski definition) is 0. The van der Waals surface area contributed by atoms with Gasteiger partial charge >= 0.3 is 0 Å². The van der Waals surface area contributed by atoms with Gasteiger partial charge in [0, 0.05) is 26.9 Å². The van der Waals surface area contributed by atoms with Crippen LogP contribution in [0, 0.1) is 10.5 Å². The van der Waals surface area contributed by atoms with Gasteiger partial charge in [-0.25, -0.2) is 9.97 Å². The topological polar surface area (TPSA) is 47.8 Å². The lowest BCUT2D eigenvalue weighted by atomic mass is 9.97. The maximum Gasteiger partial charge on any atom is 0.264 e. The quantitative estimate of drug-likeness (QED) is 0.426. The van der Waals surface area contributed by atoms with Crippen LogP contribution in [0.5, 0.6) is 0 Å². The van der Waals surface area contributed by atoms with E-state index >= 15 is 0 Å². The highest BCUT2D eigenvalue weighted by atomic mass is 127. The van der Waals surface area contributed by atoms with Crippen molar-refractivity contribution in [2.45, 2.75) is 6.92 Å². The van der Waals surface area contributed by atoms with Gasteiger partial charge < -0.3 is 0 Å². The van der Waals surface area contributed by atoms with E-state index in [2.05, 4.69) is 27.6 Å². The Labute approximate surface area is 158 Å². The molecule has 4 aromatic rings. The maximum atomic E-state index is 13.1. The lowest BCUT2D eigenvalue weighted by Gasteiger charge is -2.14. The molecule has 0 bridgehead atoms. The largest absolute Gasteiger partial charge is 0.272 e. The standard InChI is InChI=1S/C20H14IN3O/c1-13-18(20(25)24-10-9-22-12-24)16-11-15(21)7-8-17(16)23-19(13)14-5-3-2-4-6-14/h2-12H,1H3. The van der Waals surface area contributed by atoms with Crippen LogP contribution >= 0.6 is 22.6 Å². The predicted octanol–water partition coefficient (Wildman–Crippen LogP) is 4.70. The zero-order valence-corrected chi connectivity index (χ0v) is 15.6. The van der Waals surface area contributed by atoms with E-state index in [0.29, 0.717) is 5.56 Å². The summed E-state index contributed by atoms with van der Waals surface area (Å²) in [4.78, 5) is 22.0. The summed E-state index contributed by atoms with van der Waals surface area (Å²) in [5, 5.41) is 0.864. The number of pyridine rings is 1. The first-order chi connectivity index (χ1) is 12.1. The summed E-state index contributed by atoms with van der Waals surface area (Å²) >= 11 is 2.26. The van der Waals surface area contributed by atoms with Gasteiger partial charge in [0.15, 0.2) is 0 Å². The van der Waals surface area contributed by atoms with Crippen LogP contribution in [0.2, 0.25) is 0 Å². The number of fused-ring (bicyclic) bond motifs is 1. The Morgan fingerprint density at radius 2 is 1.92 bits per heavy atom. The van der Waals surface area contributed by atoms with Gasteiger partial charge in [-0.2, -0.15) is 0 Å². The van der Waals surface area contributed by atoms with Gasteiger partial charge in [0.05, 0.1) is 16.8 Å². The molecule has 0 saturated carbocycles. The van der Waals surface area contributed by atoms with Crippen LogP contribution in [-0.2, 0) is 0 Å². The highest BCUT2D eigenvalue weighted by molar-refractivity contribution is 14.1. The molecule has 25 heavy (non-hydrogen) atoms. The number of hydrogen-bond acceptors (Lipinski definition) is 3. The molecular formula is C20H14IN3O. The second-order valence-corrected chi connectivity index (χ2v) is 7.01. The van der Waals surface area contributed by atoms with E-state index in [1.54, 1.807) is 12.4 Å². The molecule has 4 nitrogen and oxygen atoms in total. The van der Waals surface area contributed by atoms with Crippen molar-refractivity contribution in [1.29, 1.82) is 0 Å². The fourth-order valence-electron chi connectivity index (χ4n) is 2.99. The molecule has 0 aliphatic heterocycles. The van der Waals surface area contributed by atoms with Crippen molar-refractivity contribution in [2.24, 2.45) is 0 Å². The van der Waals surface area contributed by atoms with Crippen LogP contribution in [0.3, 0.4) is 0 Å². The summed E-state index contributed by atoms with van der Waals surface area (Å²) in [6, 6.07) is 15.9. The number of rotatable bonds is 2. The summed E-state index contributed by atoms with van der Waals surface area (Å²) in [7, 11) is 0. The van der Waals surface area contributed by atoms with Crippen molar-refractivity contribution < 1.29 is 4.79 Å². The average molecular weight is 439 g/mol. The number of carbonyl (C=O) groups is 1. The summed E-state index contributed by atoms with van der Waals surface area (Å²) in [5.74, 6) is -0.0958. The van der Waals surface area contributed by atoms with Gasteiger partial charge in [0.1, 0.15) is 6.33 Å². The van der Waals surface area contributed by atoms with Gasteiger partial charge in [-0.1, -0.05) is 30.3 Å². The molecule has 0 aliphatic carbocycles. The van der Waals surface area contributed by atoms with Gasteiger partial charge in [-0.05, 0) is 53.3 Å². The first-order valence-electron chi connectivity index (χ1n) is 7.83. The Hall–Kier alpha value is -2.54. The number of carbonyl (C=O) groups excluding carboxylic acids is 1. The molecule has 2 aromatic carbocycles. The molecular weight excluding hydrogens is 425 g/mol. The summed E-state index contributed by atoms with van der Waals surface area (Å²) in [6.45, 7) is 1.96. The van der Waals surface area contributed by atoms with Gasteiger partial charge in [0.25, 0.3) is 5.91 Å². The van der Waals surface area contributed by atoms with Gasteiger partial charge in [-0.3, -0.25) is 9.36 Å². The first-order valence-corrected chi connectivity index (χ1v) is 8.91. The molecule has 0 fully saturated rings. The third-order valence-electron chi connectivity index (χ3n) is 4.19. The normalized spacial score (nSPS) is 11.0. The number of imidazole rings is 1. The Kier molecular flexibility index (Phi) is 4.09. The van der Waals surface area contributed by atoms with Crippen molar-refractivity contribution in [3.05, 3.63) is 81.9 Å². The number of benzene rings is 2. The molecule has 2 heterocycles. The first kappa shape index (κ1) is 16.0. The smallest absolute Gasteiger partial charge is 0.264 e. The molecule has 0 saturated heterocycles. The van der Waals surface area contributed by atoms with Crippen LogP contribution in [0.1, 0.15) is 15.9 Å². The third-order valence-corrected chi connectivity index (χ3v) is 4.86. The molecule has 0 radical (unpaired) electrons. The summed E-state index contributed by atoms with van der Waals surface area (Å²) in [6.07, 6.45) is 4.81. The van der Waals surface area contributed by atoms with E-state index in [1.165, 1.54) is 10.9 Å². The van der Waals surface area contributed by atoms with Crippen molar-refractivity contribution in [3.8, 4) is 11.3 Å². The summed E-state index contributed by atoms with van der Waals surface area (Å²) in [5.41, 5.74) is 4.19. The zero-order valence-electron chi connectivity index (χ0n) is 13.5. The molecule has 4 rings (SSSR count). The highest BCUT2D eigenvalue weighted by Crippen LogP contribution is 2.31. The second kappa shape index (κ2) is 6.40. The molecule has 0 unspecified atom stereocenters. The molecule has 2 aromatic heterocycles. The number of nitrogens with zero attached hydrogens (tertiary/aromatic N) is 3. The monoisotopic (exact) mass is 439 g/mol. The van der Waals surface area contributed by atoms with Crippen LogP contribution in [0.4, 0.5) is 0 Å². The van der Waals surface area contributed by atoms with E-state index in [9.17, 15) is 4.79 Å². The lowest BCUT2D eigenvalue weighted by molar-refractivity contribution is 0.0961. The molecule has 0 aliphatic rings. The van der Waals surface area contributed by atoms with Crippen LogP contribution in [-0.4, -0.2) is 20.4 Å². The SMILES string of the molecule is Cc1c(-c2ccccc2)nc2ccc(I)cc2c1C(=O)n1ccnc1. The molecule has 0 amide bonds. The fraction of sp³-hybridized carbons (Fsp3) is 0.0500. The minimum absolute atomic E-state index is 0.0958. The number of aromatic nitrogens is 3. The van der Waals surface area contributed by atoms with Crippen LogP contribution < -0.4 is 0 Å². The zero-order chi connectivity index (χ0) is 17.4. The summed E-state index contributed by atoms with van der Waals surface area (Å²) < 4.78 is 2.58. The van der Waals surface area contributed by atoms with E-state index in [-0.39, 0.29) is 5.91 Å². The Morgan fingerprint density at radius 3 is 2.64 bits per heavy atom. The second-order valence-electron chi connectivity index (χ2n) is 5.76. The van der Waals surface area contributed by atoms with Crippen molar-refractivity contribution in [3.63, 3.8) is 0 Å². The molecule has 5 heteroatoms. The molecule has 0 N–H and O–H groups in total. The maximum absolute atomic E-state index is 13.1. The molecule has 0 spiro atoms. The predicted molar refractivity (Wildman–Crippen MR) is 107 cm³/mol. The van der Waals surface area contributed by atoms with Gasteiger partial charge in [0.2, 0.25) is 0 Å². The van der Waals surface area contributed by atoms with E-state index in [0.717, 1.165) is 31.3 Å². The highest BCUT2D eigenvalue weighted by Gasteiger charge is 2.20. The average Bonchev–Trinajstić information content (AvgIpc) is 3.16.